The molecule has 0 unspecified atom stereocenters. The van der Waals surface area contributed by atoms with Crippen LogP contribution >= 0.6 is 0 Å². The van der Waals surface area contributed by atoms with Crippen molar-refractivity contribution in [1.82, 2.24) is 9.78 Å². The molecule has 3 rings (SSSR count). The molecule has 0 atom stereocenters. The van der Waals surface area contributed by atoms with E-state index in [1.807, 2.05) is 23.9 Å². The van der Waals surface area contributed by atoms with Crippen LogP contribution in [0.2, 0.25) is 0 Å². The Labute approximate surface area is 101 Å². The summed E-state index contributed by atoms with van der Waals surface area (Å²) in [5.74, 6) is 0.914. The average molecular weight is 230 g/mol. The lowest BCUT2D eigenvalue weighted by atomic mass is 9.86. The highest BCUT2D eigenvalue weighted by atomic mass is 16.3. The van der Waals surface area contributed by atoms with Crippen molar-refractivity contribution in [2.75, 3.05) is 0 Å². The van der Waals surface area contributed by atoms with Crippen molar-refractivity contribution in [3.63, 3.8) is 0 Å². The molecule has 1 fully saturated rings. The standard InChI is InChI=1S/C14H18N2O/c1-16-13-8-7-11(17)9-12(13)14(15-16)10-5-3-2-4-6-10/h7-10,17H,2-6H2,1H3. The van der Waals surface area contributed by atoms with E-state index in [2.05, 4.69) is 5.10 Å². The predicted molar refractivity (Wildman–Crippen MR) is 68.2 cm³/mol. The molecule has 1 aromatic carbocycles. The second kappa shape index (κ2) is 4.06. The molecule has 1 aliphatic rings. The summed E-state index contributed by atoms with van der Waals surface area (Å²) in [6, 6.07) is 5.53. The fourth-order valence-electron chi connectivity index (χ4n) is 2.96. The smallest absolute Gasteiger partial charge is 0.116 e. The Hall–Kier alpha value is -1.51. The largest absolute Gasteiger partial charge is 0.508 e. The highest BCUT2D eigenvalue weighted by Crippen LogP contribution is 2.36. The Bertz CT molecular complexity index is 538. The van der Waals surface area contributed by atoms with Gasteiger partial charge in [-0.25, -0.2) is 0 Å². The number of aryl methyl sites for hydroxylation is 1. The molecule has 1 aromatic heterocycles. The maximum absolute atomic E-state index is 9.63. The maximum atomic E-state index is 9.63. The first-order chi connectivity index (χ1) is 8.25. The molecule has 1 saturated carbocycles. The van der Waals surface area contributed by atoms with Crippen LogP contribution < -0.4 is 0 Å². The van der Waals surface area contributed by atoms with Crippen molar-refractivity contribution in [1.29, 1.82) is 0 Å². The first-order valence-corrected chi connectivity index (χ1v) is 6.41. The minimum Gasteiger partial charge on any atom is -0.508 e. The lowest BCUT2D eigenvalue weighted by molar-refractivity contribution is 0.435. The first kappa shape index (κ1) is 10.6. The Morgan fingerprint density at radius 3 is 2.76 bits per heavy atom. The zero-order valence-electron chi connectivity index (χ0n) is 10.2. The molecule has 3 nitrogen and oxygen atoms in total. The van der Waals surface area contributed by atoms with Crippen molar-refractivity contribution < 1.29 is 5.11 Å². The van der Waals surface area contributed by atoms with Gasteiger partial charge in [-0.05, 0) is 31.0 Å². The summed E-state index contributed by atoms with van der Waals surface area (Å²) >= 11 is 0. The number of phenols is 1. The molecule has 0 saturated heterocycles. The molecule has 0 radical (unpaired) electrons. The molecule has 0 bridgehead atoms. The fraction of sp³-hybridized carbons (Fsp3) is 0.500. The molecule has 0 amide bonds. The van der Waals surface area contributed by atoms with Gasteiger partial charge in [0.1, 0.15) is 5.75 Å². The number of hydrogen-bond acceptors (Lipinski definition) is 2. The quantitative estimate of drug-likeness (QED) is 0.816. The van der Waals surface area contributed by atoms with Crippen LogP contribution in [0.1, 0.15) is 43.7 Å². The molecule has 1 heterocycles. The van der Waals surface area contributed by atoms with Crippen molar-refractivity contribution in [3.8, 4) is 5.75 Å². The molecule has 0 aliphatic heterocycles. The van der Waals surface area contributed by atoms with Gasteiger partial charge in [-0.3, -0.25) is 4.68 Å². The Morgan fingerprint density at radius 1 is 1.24 bits per heavy atom. The van der Waals surface area contributed by atoms with Gasteiger partial charge in [-0.2, -0.15) is 5.10 Å². The number of aromatic hydroxyl groups is 1. The third kappa shape index (κ3) is 1.79. The van der Waals surface area contributed by atoms with E-state index in [9.17, 15) is 5.11 Å². The molecule has 2 aromatic rings. The number of fused-ring (bicyclic) bond motifs is 1. The van der Waals surface area contributed by atoms with Crippen molar-refractivity contribution >= 4 is 10.9 Å². The van der Waals surface area contributed by atoms with Crippen LogP contribution in [-0.4, -0.2) is 14.9 Å². The normalized spacial score (nSPS) is 17.7. The summed E-state index contributed by atoms with van der Waals surface area (Å²) < 4.78 is 1.93. The molecule has 1 aliphatic carbocycles. The van der Waals surface area contributed by atoms with Gasteiger partial charge in [-0.15, -0.1) is 0 Å². The van der Waals surface area contributed by atoms with E-state index in [0.717, 1.165) is 10.9 Å². The molecule has 0 spiro atoms. The van der Waals surface area contributed by atoms with Crippen LogP contribution in [0, 0.1) is 0 Å². The average Bonchev–Trinajstić information content (AvgIpc) is 2.67. The lowest BCUT2D eigenvalue weighted by Gasteiger charge is -2.19. The van der Waals surface area contributed by atoms with Crippen LogP contribution in [0.4, 0.5) is 0 Å². The van der Waals surface area contributed by atoms with Crippen LogP contribution in [0.25, 0.3) is 10.9 Å². The second-order valence-corrected chi connectivity index (χ2v) is 5.05. The molecule has 90 valence electrons. The van der Waals surface area contributed by atoms with Gasteiger partial charge >= 0.3 is 0 Å². The van der Waals surface area contributed by atoms with E-state index in [1.165, 1.54) is 37.8 Å². The molecular weight excluding hydrogens is 212 g/mol. The van der Waals surface area contributed by atoms with E-state index in [1.54, 1.807) is 6.07 Å². The predicted octanol–water partition coefficient (Wildman–Crippen LogP) is 3.33. The number of rotatable bonds is 1. The number of aromatic nitrogens is 2. The number of nitrogens with zero attached hydrogens (tertiary/aromatic N) is 2. The van der Waals surface area contributed by atoms with Gasteiger partial charge in [0.05, 0.1) is 11.2 Å². The number of phenolic OH excluding ortho intramolecular Hbond substituents is 1. The summed E-state index contributed by atoms with van der Waals surface area (Å²) in [5, 5.41) is 15.4. The van der Waals surface area contributed by atoms with Crippen molar-refractivity contribution in [2.45, 2.75) is 38.0 Å². The lowest BCUT2D eigenvalue weighted by Crippen LogP contribution is -2.06. The maximum Gasteiger partial charge on any atom is 0.116 e. The Morgan fingerprint density at radius 2 is 2.00 bits per heavy atom. The van der Waals surface area contributed by atoms with E-state index < -0.39 is 0 Å². The summed E-state index contributed by atoms with van der Waals surface area (Å²) in [7, 11) is 1.98. The summed E-state index contributed by atoms with van der Waals surface area (Å²) in [6.07, 6.45) is 6.44. The van der Waals surface area contributed by atoms with Gasteiger partial charge < -0.3 is 5.11 Å². The third-order valence-corrected chi connectivity index (χ3v) is 3.85. The zero-order chi connectivity index (χ0) is 11.8. The topological polar surface area (TPSA) is 38.0 Å². The van der Waals surface area contributed by atoms with E-state index in [-0.39, 0.29) is 0 Å². The van der Waals surface area contributed by atoms with Crippen molar-refractivity contribution in [3.05, 3.63) is 23.9 Å². The van der Waals surface area contributed by atoms with Crippen LogP contribution in [-0.2, 0) is 7.05 Å². The van der Waals surface area contributed by atoms with Gasteiger partial charge in [0, 0.05) is 18.4 Å². The third-order valence-electron chi connectivity index (χ3n) is 3.85. The van der Waals surface area contributed by atoms with Crippen LogP contribution in [0.5, 0.6) is 5.75 Å². The number of hydrogen-bond donors (Lipinski definition) is 1. The zero-order valence-corrected chi connectivity index (χ0v) is 10.2. The Balaban J connectivity index is 2.11. The van der Waals surface area contributed by atoms with Crippen LogP contribution in [0.15, 0.2) is 18.2 Å². The fourth-order valence-corrected chi connectivity index (χ4v) is 2.96. The second-order valence-electron chi connectivity index (χ2n) is 5.05. The summed E-state index contributed by atoms with van der Waals surface area (Å²) in [5.41, 5.74) is 2.29. The van der Waals surface area contributed by atoms with E-state index in [0.29, 0.717) is 11.7 Å². The van der Waals surface area contributed by atoms with Gasteiger partial charge in [0.2, 0.25) is 0 Å². The molecule has 17 heavy (non-hydrogen) atoms. The van der Waals surface area contributed by atoms with Gasteiger partial charge in [0.25, 0.3) is 0 Å². The van der Waals surface area contributed by atoms with Crippen molar-refractivity contribution in [2.24, 2.45) is 7.05 Å². The molecular formula is C14H18N2O. The minimum absolute atomic E-state index is 0.336. The van der Waals surface area contributed by atoms with Gasteiger partial charge in [0.15, 0.2) is 0 Å². The van der Waals surface area contributed by atoms with E-state index >= 15 is 0 Å². The molecule has 1 N–H and O–H groups in total. The monoisotopic (exact) mass is 230 g/mol. The molecule has 3 heteroatoms. The summed E-state index contributed by atoms with van der Waals surface area (Å²) in [6.45, 7) is 0. The minimum atomic E-state index is 0.336. The first-order valence-electron chi connectivity index (χ1n) is 6.41. The van der Waals surface area contributed by atoms with Crippen LogP contribution in [0.3, 0.4) is 0 Å². The van der Waals surface area contributed by atoms with Gasteiger partial charge in [-0.1, -0.05) is 19.3 Å². The highest BCUT2D eigenvalue weighted by molar-refractivity contribution is 5.83. The SMILES string of the molecule is Cn1nc(C2CCCCC2)c2cc(O)ccc21. The highest BCUT2D eigenvalue weighted by Gasteiger charge is 2.21. The van der Waals surface area contributed by atoms with E-state index in [4.69, 9.17) is 0 Å². The number of benzene rings is 1. The summed E-state index contributed by atoms with van der Waals surface area (Å²) in [4.78, 5) is 0. The Kier molecular flexibility index (Phi) is 2.54.